The largest absolute Gasteiger partial charge is 0.496 e. The number of rotatable bonds is 6. The van der Waals surface area contributed by atoms with E-state index in [0.29, 0.717) is 5.92 Å². The van der Waals surface area contributed by atoms with Crippen LogP contribution in [0.5, 0.6) is 5.75 Å². The number of fused-ring (bicyclic) bond motifs is 3. The van der Waals surface area contributed by atoms with Crippen LogP contribution in [0.4, 0.5) is 0 Å². The van der Waals surface area contributed by atoms with E-state index in [-0.39, 0.29) is 11.6 Å². The third-order valence-corrected chi connectivity index (χ3v) is 6.89. The third-order valence-electron chi connectivity index (χ3n) is 5.74. The first-order valence-corrected chi connectivity index (χ1v) is 10.9. The number of methoxy groups -OCH3 is 1. The maximum atomic E-state index is 12.8. The average molecular weight is 399 g/mol. The molecule has 1 aliphatic carbocycles. The Morgan fingerprint density at radius 3 is 3.04 bits per heavy atom. The minimum absolute atomic E-state index is 0.0250. The Labute approximate surface area is 169 Å². The highest BCUT2D eigenvalue weighted by Crippen LogP contribution is 2.35. The van der Waals surface area contributed by atoms with E-state index in [1.54, 1.807) is 18.4 Å². The fourth-order valence-electron chi connectivity index (χ4n) is 4.09. The van der Waals surface area contributed by atoms with Crippen molar-refractivity contribution in [3.8, 4) is 5.75 Å². The third kappa shape index (κ3) is 3.71. The van der Waals surface area contributed by atoms with Crippen LogP contribution in [0, 0.1) is 5.92 Å². The molecule has 0 saturated heterocycles. The number of aromatic nitrogens is 2. The molecule has 0 fully saturated rings. The van der Waals surface area contributed by atoms with Crippen molar-refractivity contribution in [1.82, 2.24) is 9.97 Å². The van der Waals surface area contributed by atoms with Crippen LogP contribution >= 0.6 is 11.3 Å². The van der Waals surface area contributed by atoms with Crippen molar-refractivity contribution in [3.63, 3.8) is 0 Å². The molecule has 2 atom stereocenters. The average Bonchev–Trinajstić information content (AvgIpc) is 3.06. The van der Waals surface area contributed by atoms with E-state index in [1.165, 1.54) is 16.0 Å². The predicted octanol–water partition coefficient (Wildman–Crippen LogP) is 2.99. The number of hydrogen-bond donors (Lipinski definition) is 2. The van der Waals surface area contributed by atoms with Gasteiger partial charge >= 0.3 is 0 Å². The Bertz CT molecular complexity index is 1040. The molecule has 2 heterocycles. The molecule has 5 nitrogen and oxygen atoms in total. The molecule has 0 saturated carbocycles. The maximum absolute atomic E-state index is 12.8. The SMILES string of the molecule is COc1ccccc1CC[NH2+][C@@H](C)c1nc2sc3c(c2c(=O)[nH]1)CC[C@@H](C)C3. The van der Waals surface area contributed by atoms with Crippen molar-refractivity contribution in [2.45, 2.75) is 45.6 Å². The van der Waals surface area contributed by atoms with Gasteiger partial charge in [-0.25, -0.2) is 4.98 Å². The van der Waals surface area contributed by atoms with E-state index in [0.717, 1.165) is 54.0 Å². The Balaban J connectivity index is 1.50. The second-order valence-corrected chi connectivity index (χ2v) is 8.94. The summed E-state index contributed by atoms with van der Waals surface area (Å²) in [5.74, 6) is 2.39. The van der Waals surface area contributed by atoms with Gasteiger partial charge in [-0.3, -0.25) is 4.79 Å². The summed E-state index contributed by atoms with van der Waals surface area (Å²) in [6.45, 7) is 5.29. The summed E-state index contributed by atoms with van der Waals surface area (Å²) in [5, 5.41) is 3.06. The number of quaternary nitrogens is 1. The lowest BCUT2D eigenvalue weighted by molar-refractivity contribution is -0.693. The van der Waals surface area contributed by atoms with Crippen molar-refractivity contribution >= 4 is 21.6 Å². The van der Waals surface area contributed by atoms with Gasteiger partial charge in [0, 0.05) is 11.3 Å². The topological polar surface area (TPSA) is 71.6 Å². The summed E-state index contributed by atoms with van der Waals surface area (Å²) in [7, 11) is 1.70. The predicted molar refractivity (Wildman–Crippen MR) is 113 cm³/mol. The maximum Gasteiger partial charge on any atom is 0.260 e. The number of aromatic amines is 1. The van der Waals surface area contributed by atoms with E-state index in [1.807, 2.05) is 18.2 Å². The van der Waals surface area contributed by atoms with Crippen LogP contribution in [0.1, 0.15) is 48.1 Å². The van der Waals surface area contributed by atoms with Crippen LogP contribution in [0.25, 0.3) is 10.2 Å². The molecule has 28 heavy (non-hydrogen) atoms. The van der Waals surface area contributed by atoms with Crippen molar-refractivity contribution in [3.05, 3.63) is 56.4 Å². The van der Waals surface area contributed by atoms with E-state index in [4.69, 9.17) is 9.72 Å². The van der Waals surface area contributed by atoms with Crippen LogP contribution in [0.2, 0.25) is 0 Å². The first kappa shape index (κ1) is 19.2. The van der Waals surface area contributed by atoms with E-state index >= 15 is 0 Å². The number of para-hydroxylation sites is 1. The lowest BCUT2D eigenvalue weighted by Gasteiger charge is -2.17. The van der Waals surface area contributed by atoms with Gasteiger partial charge in [-0.2, -0.15) is 0 Å². The van der Waals surface area contributed by atoms with Crippen molar-refractivity contribution in [2.24, 2.45) is 5.92 Å². The van der Waals surface area contributed by atoms with Gasteiger partial charge in [-0.15, -0.1) is 11.3 Å². The molecule has 6 heteroatoms. The van der Waals surface area contributed by atoms with Gasteiger partial charge in [0.25, 0.3) is 5.56 Å². The number of H-pyrrole nitrogens is 1. The van der Waals surface area contributed by atoms with Gasteiger partial charge in [0.05, 0.1) is 19.0 Å². The molecule has 0 aliphatic heterocycles. The van der Waals surface area contributed by atoms with Crippen molar-refractivity contribution in [1.29, 1.82) is 0 Å². The molecule has 0 unspecified atom stereocenters. The summed E-state index contributed by atoms with van der Waals surface area (Å²) in [6.07, 6.45) is 4.14. The molecular formula is C22H28N3O2S+. The lowest BCUT2D eigenvalue weighted by Crippen LogP contribution is -2.85. The number of thiophene rings is 1. The fraction of sp³-hybridized carbons (Fsp3) is 0.455. The molecule has 3 aromatic rings. The molecule has 1 aromatic carbocycles. The van der Waals surface area contributed by atoms with Gasteiger partial charge < -0.3 is 15.0 Å². The second kappa shape index (κ2) is 8.05. The molecule has 0 radical (unpaired) electrons. The summed E-state index contributed by atoms with van der Waals surface area (Å²) in [4.78, 5) is 22.9. The van der Waals surface area contributed by atoms with Gasteiger partial charge in [0.1, 0.15) is 16.6 Å². The lowest BCUT2D eigenvalue weighted by atomic mass is 9.89. The first-order chi connectivity index (χ1) is 13.6. The molecule has 148 valence electrons. The van der Waals surface area contributed by atoms with Gasteiger partial charge in [-0.1, -0.05) is 25.1 Å². The van der Waals surface area contributed by atoms with Crippen LogP contribution in [-0.2, 0) is 19.3 Å². The Morgan fingerprint density at radius 2 is 2.21 bits per heavy atom. The summed E-state index contributed by atoms with van der Waals surface area (Å²) < 4.78 is 5.43. The van der Waals surface area contributed by atoms with Crippen LogP contribution in [-0.4, -0.2) is 23.6 Å². The standard InChI is InChI=1S/C22H27N3O2S/c1-13-8-9-16-18(12-13)28-22-19(16)21(26)24-20(25-22)14(2)23-11-10-15-6-4-5-7-17(15)27-3/h4-7,13-14,23H,8-12H2,1-3H3,(H,24,25,26)/p+1/t13-,14+/m1/s1. The second-order valence-electron chi connectivity index (χ2n) is 7.86. The number of nitrogens with one attached hydrogen (secondary N) is 1. The Hall–Kier alpha value is -2.18. The highest BCUT2D eigenvalue weighted by Gasteiger charge is 2.24. The van der Waals surface area contributed by atoms with E-state index in [2.05, 4.69) is 30.2 Å². The molecule has 3 N–H and O–H groups in total. The number of nitrogens with zero attached hydrogens (tertiary/aromatic N) is 1. The highest BCUT2D eigenvalue weighted by atomic mass is 32.1. The molecule has 0 bridgehead atoms. The van der Waals surface area contributed by atoms with Gasteiger partial charge in [0.2, 0.25) is 0 Å². The zero-order valence-corrected chi connectivity index (χ0v) is 17.6. The number of nitrogens with two attached hydrogens (primary N) is 1. The monoisotopic (exact) mass is 398 g/mol. The Morgan fingerprint density at radius 1 is 1.39 bits per heavy atom. The van der Waals surface area contributed by atoms with Crippen LogP contribution in [0.15, 0.2) is 29.1 Å². The van der Waals surface area contributed by atoms with Crippen LogP contribution in [0.3, 0.4) is 0 Å². The van der Waals surface area contributed by atoms with Gasteiger partial charge in [0.15, 0.2) is 5.82 Å². The highest BCUT2D eigenvalue weighted by molar-refractivity contribution is 7.18. The van der Waals surface area contributed by atoms with Gasteiger partial charge in [-0.05, 0) is 49.3 Å². The summed E-state index contributed by atoms with van der Waals surface area (Å²) in [6, 6.07) is 8.21. The molecular weight excluding hydrogens is 370 g/mol. The van der Waals surface area contributed by atoms with Crippen molar-refractivity contribution in [2.75, 3.05) is 13.7 Å². The minimum Gasteiger partial charge on any atom is -0.496 e. The zero-order valence-electron chi connectivity index (χ0n) is 16.7. The fourth-order valence-corrected chi connectivity index (χ4v) is 5.48. The van der Waals surface area contributed by atoms with Crippen molar-refractivity contribution < 1.29 is 10.1 Å². The number of hydrogen-bond acceptors (Lipinski definition) is 4. The quantitative estimate of drug-likeness (QED) is 0.671. The first-order valence-electron chi connectivity index (χ1n) is 10.1. The molecule has 4 rings (SSSR count). The summed E-state index contributed by atoms with van der Waals surface area (Å²) in [5.41, 5.74) is 2.47. The van der Waals surface area contributed by atoms with Crippen LogP contribution < -0.4 is 15.6 Å². The Kier molecular flexibility index (Phi) is 5.51. The molecule has 0 spiro atoms. The minimum atomic E-state index is 0.0250. The molecule has 0 amide bonds. The van der Waals surface area contributed by atoms with E-state index in [9.17, 15) is 4.79 Å². The number of aryl methyl sites for hydroxylation is 1. The zero-order chi connectivity index (χ0) is 19.7. The number of benzene rings is 1. The van der Waals surface area contributed by atoms with E-state index < -0.39 is 0 Å². The smallest absolute Gasteiger partial charge is 0.260 e. The number of ether oxygens (including phenoxy) is 1. The molecule has 2 aromatic heterocycles. The summed E-state index contributed by atoms with van der Waals surface area (Å²) >= 11 is 1.71. The molecule has 1 aliphatic rings. The normalized spacial score (nSPS) is 17.5.